The number of hydrogen-bond donors (Lipinski definition) is 3. The summed E-state index contributed by atoms with van der Waals surface area (Å²) in [6.07, 6.45) is 7.82. The van der Waals surface area contributed by atoms with Crippen LogP contribution in [0.1, 0.15) is 50.0 Å². The number of anilines is 1. The fourth-order valence-corrected chi connectivity index (χ4v) is 6.06. The first kappa shape index (κ1) is 21.0. The minimum absolute atomic E-state index is 0.0215. The summed E-state index contributed by atoms with van der Waals surface area (Å²) in [4.78, 5) is 27.3. The number of carboxylic acid groups (broad SMARTS) is 1. The van der Waals surface area contributed by atoms with Crippen LogP contribution in [0.4, 0.5) is 20.3 Å². The van der Waals surface area contributed by atoms with Crippen molar-refractivity contribution in [3.05, 3.63) is 47.1 Å². The van der Waals surface area contributed by atoms with Crippen LogP contribution >= 0.6 is 0 Å². The highest BCUT2D eigenvalue weighted by Gasteiger charge is 2.48. The van der Waals surface area contributed by atoms with Gasteiger partial charge < -0.3 is 15.4 Å². The van der Waals surface area contributed by atoms with Crippen molar-refractivity contribution < 1.29 is 18.7 Å². The van der Waals surface area contributed by atoms with Gasteiger partial charge >= 0.3 is 5.97 Å². The summed E-state index contributed by atoms with van der Waals surface area (Å²) >= 11 is 0. The predicted octanol–water partition coefficient (Wildman–Crippen LogP) is 5.63. The molecule has 9 heteroatoms. The summed E-state index contributed by atoms with van der Waals surface area (Å²) in [6.45, 7) is 7.80. The van der Waals surface area contributed by atoms with Crippen LogP contribution in [0.25, 0.3) is 27.1 Å². The Morgan fingerprint density at radius 1 is 1.18 bits per heavy atom. The van der Waals surface area contributed by atoms with E-state index in [9.17, 15) is 14.3 Å². The van der Waals surface area contributed by atoms with Crippen LogP contribution in [0, 0.1) is 36.0 Å². The Hall–Kier alpha value is -3.54. The number of halogens is 2. The molecule has 0 spiro atoms. The number of rotatable bonds is 5. The van der Waals surface area contributed by atoms with Crippen molar-refractivity contribution in [3.8, 4) is 11.3 Å². The molecule has 2 atom stereocenters. The van der Waals surface area contributed by atoms with Gasteiger partial charge in [-0.05, 0) is 62.3 Å². The number of aromatic amines is 1. The molecule has 3 N–H and O–H groups in total. The SMILES string of the molecule is [C-]#[N+]c1c(-c2c[nH]c3ncc(F)cc23)nc(NC2C3CCC(CC3)C2C(=O)O)c(F)c1C1CC1. The van der Waals surface area contributed by atoms with Crippen LogP contribution in [-0.2, 0) is 4.79 Å². The number of carboxylic acids is 1. The third-order valence-electron chi connectivity index (χ3n) is 7.81. The maximum atomic E-state index is 15.8. The molecular weight excluding hydrogens is 440 g/mol. The van der Waals surface area contributed by atoms with Gasteiger partial charge in [0.25, 0.3) is 0 Å². The monoisotopic (exact) mass is 463 g/mol. The largest absolute Gasteiger partial charge is 0.481 e. The number of hydrogen-bond acceptors (Lipinski definition) is 4. The van der Waals surface area contributed by atoms with Gasteiger partial charge in [-0.1, -0.05) is 0 Å². The molecule has 4 saturated carbocycles. The van der Waals surface area contributed by atoms with Crippen molar-refractivity contribution in [2.45, 2.75) is 50.5 Å². The van der Waals surface area contributed by atoms with E-state index in [4.69, 9.17) is 6.57 Å². The lowest BCUT2D eigenvalue weighted by atomic mass is 9.61. The minimum atomic E-state index is -0.870. The van der Waals surface area contributed by atoms with Gasteiger partial charge in [-0.15, -0.1) is 0 Å². The van der Waals surface area contributed by atoms with Crippen molar-refractivity contribution >= 4 is 28.5 Å². The van der Waals surface area contributed by atoms with Crippen LogP contribution in [0.2, 0.25) is 0 Å². The van der Waals surface area contributed by atoms with Crippen molar-refractivity contribution in [1.29, 1.82) is 0 Å². The molecule has 0 aromatic carbocycles. The summed E-state index contributed by atoms with van der Waals surface area (Å²) in [5, 5.41) is 13.6. The van der Waals surface area contributed by atoms with Gasteiger partial charge in [-0.3, -0.25) is 4.79 Å². The first-order chi connectivity index (χ1) is 16.5. The number of fused-ring (bicyclic) bond motifs is 4. The molecular formula is C25H23F2N5O2. The summed E-state index contributed by atoms with van der Waals surface area (Å²) in [7, 11) is 0. The third kappa shape index (κ3) is 3.23. The van der Waals surface area contributed by atoms with Gasteiger partial charge in [0.15, 0.2) is 11.6 Å². The molecule has 2 unspecified atom stereocenters. The van der Waals surface area contributed by atoms with E-state index < -0.39 is 29.6 Å². The highest BCUT2D eigenvalue weighted by atomic mass is 19.1. The fraction of sp³-hybridized carbons (Fsp3) is 0.440. The number of pyridine rings is 2. The van der Waals surface area contributed by atoms with Gasteiger partial charge in [-0.2, -0.15) is 0 Å². The van der Waals surface area contributed by atoms with Crippen molar-refractivity contribution in [1.82, 2.24) is 15.0 Å². The molecule has 174 valence electrons. The van der Waals surface area contributed by atoms with Crippen LogP contribution < -0.4 is 5.32 Å². The zero-order valence-corrected chi connectivity index (χ0v) is 18.3. The molecule has 3 aromatic rings. The van der Waals surface area contributed by atoms with E-state index in [2.05, 4.69) is 25.1 Å². The molecule has 7 nitrogen and oxygen atoms in total. The quantitative estimate of drug-likeness (QED) is 0.426. The lowest BCUT2D eigenvalue weighted by molar-refractivity contribution is -0.148. The number of nitrogens with one attached hydrogen (secondary N) is 2. The Balaban J connectivity index is 1.51. The van der Waals surface area contributed by atoms with Gasteiger partial charge in [0.1, 0.15) is 11.5 Å². The molecule has 3 heterocycles. The summed E-state index contributed by atoms with van der Waals surface area (Å²) in [5.74, 6) is -2.48. The first-order valence-corrected chi connectivity index (χ1v) is 11.7. The fourth-order valence-electron chi connectivity index (χ4n) is 6.06. The third-order valence-corrected chi connectivity index (χ3v) is 7.81. The Morgan fingerprint density at radius 2 is 1.91 bits per heavy atom. The van der Waals surface area contributed by atoms with Gasteiger partial charge in [0, 0.05) is 28.8 Å². The topological polar surface area (TPSA) is 95.3 Å². The van der Waals surface area contributed by atoms with E-state index >= 15 is 4.39 Å². The second kappa shape index (κ2) is 7.76. The van der Waals surface area contributed by atoms with Crippen molar-refractivity contribution in [2.24, 2.45) is 17.8 Å². The highest BCUT2D eigenvalue weighted by Crippen LogP contribution is 2.51. The standard InChI is InChI=1S/C25H23F2N5O2/c1-28-22-17(11-2-3-11)19(27)24(31-20-13-6-4-12(5-7-13)18(20)25(33)34)32-21(22)16-10-30-23-15(16)8-14(26)9-29-23/h8-13,18,20H,2-7H2,(H,29,30)(H,31,32)(H,33,34). The second-order valence-corrected chi connectivity index (χ2v) is 9.73. The molecule has 3 aromatic heterocycles. The lowest BCUT2D eigenvalue weighted by Crippen LogP contribution is -2.51. The average Bonchev–Trinajstić information content (AvgIpc) is 3.59. The molecule has 7 rings (SSSR count). The number of carbonyl (C=O) groups is 1. The van der Waals surface area contributed by atoms with Crippen molar-refractivity contribution in [3.63, 3.8) is 0 Å². The minimum Gasteiger partial charge on any atom is -0.481 e. The van der Waals surface area contributed by atoms with Crippen molar-refractivity contribution in [2.75, 3.05) is 5.32 Å². The van der Waals surface area contributed by atoms with E-state index in [0.717, 1.165) is 44.7 Å². The molecule has 4 aliphatic carbocycles. The molecule has 0 amide bonds. The Bertz CT molecular complexity index is 1350. The number of aliphatic carboxylic acids is 1. The molecule has 4 aliphatic rings. The molecule has 4 fully saturated rings. The highest BCUT2D eigenvalue weighted by molar-refractivity contribution is 5.97. The van der Waals surface area contributed by atoms with Crippen LogP contribution in [0.5, 0.6) is 0 Å². The van der Waals surface area contributed by atoms with Crippen LogP contribution in [-0.4, -0.2) is 32.1 Å². The molecule has 0 saturated heterocycles. The average molecular weight is 463 g/mol. The maximum Gasteiger partial charge on any atom is 0.308 e. The van der Waals surface area contributed by atoms with E-state index in [1.54, 1.807) is 6.20 Å². The Labute approximate surface area is 194 Å². The van der Waals surface area contributed by atoms with Gasteiger partial charge in [-0.25, -0.2) is 23.6 Å². The second-order valence-electron chi connectivity index (χ2n) is 9.73. The summed E-state index contributed by atoms with van der Waals surface area (Å²) in [6, 6.07) is 0.893. The normalized spacial score (nSPS) is 25.9. The predicted molar refractivity (Wildman–Crippen MR) is 121 cm³/mol. The van der Waals surface area contributed by atoms with Gasteiger partial charge in [0.05, 0.1) is 24.4 Å². The smallest absolute Gasteiger partial charge is 0.308 e. The van der Waals surface area contributed by atoms with Crippen LogP contribution in [0.15, 0.2) is 18.5 Å². The summed E-state index contributed by atoms with van der Waals surface area (Å²) < 4.78 is 29.8. The molecule has 0 aliphatic heterocycles. The molecule has 34 heavy (non-hydrogen) atoms. The maximum absolute atomic E-state index is 15.8. The molecule has 2 bridgehead atoms. The first-order valence-electron chi connectivity index (χ1n) is 11.7. The van der Waals surface area contributed by atoms with Crippen LogP contribution in [0.3, 0.4) is 0 Å². The van der Waals surface area contributed by atoms with E-state index in [0.29, 0.717) is 22.2 Å². The number of nitrogens with zero attached hydrogens (tertiary/aromatic N) is 3. The van der Waals surface area contributed by atoms with E-state index in [1.807, 2.05) is 0 Å². The number of aromatic nitrogens is 3. The lowest BCUT2D eigenvalue weighted by Gasteiger charge is -2.47. The number of H-pyrrole nitrogens is 1. The Kier molecular flexibility index (Phi) is 4.80. The molecule has 0 radical (unpaired) electrons. The zero-order valence-electron chi connectivity index (χ0n) is 18.3. The van der Waals surface area contributed by atoms with Gasteiger partial charge in [0.2, 0.25) is 5.69 Å². The zero-order chi connectivity index (χ0) is 23.6. The van der Waals surface area contributed by atoms with E-state index in [1.165, 1.54) is 6.07 Å². The van der Waals surface area contributed by atoms with E-state index in [-0.39, 0.29) is 35.0 Å². The Morgan fingerprint density at radius 3 is 2.59 bits per heavy atom. The summed E-state index contributed by atoms with van der Waals surface area (Å²) in [5.41, 5.74) is 1.60.